The number of nitrogens with one attached hydrogen (secondary N) is 1. The Morgan fingerprint density at radius 3 is 2.14 bits per heavy atom. The lowest BCUT2D eigenvalue weighted by molar-refractivity contribution is -0.116. The van der Waals surface area contributed by atoms with Gasteiger partial charge in [-0.2, -0.15) is 0 Å². The van der Waals surface area contributed by atoms with Gasteiger partial charge in [-0.25, -0.2) is 0 Å². The maximum Gasteiger partial charge on any atom is 0.243 e. The third-order valence-electron chi connectivity index (χ3n) is 4.12. The molecule has 0 bridgehead atoms. The molecule has 0 aromatic heterocycles. The summed E-state index contributed by atoms with van der Waals surface area (Å²) < 4.78 is 0. The van der Waals surface area contributed by atoms with Gasteiger partial charge in [0.15, 0.2) is 0 Å². The monoisotopic (exact) mass is 195 g/mol. The van der Waals surface area contributed by atoms with Crippen LogP contribution in [0.2, 0.25) is 0 Å². The molecule has 0 spiro atoms. The smallest absolute Gasteiger partial charge is 0.243 e. The first-order valence-corrected chi connectivity index (χ1v) is 5.24. The van der Waals surface area contributed by atoms with Crippen molar-refractivity contribution in [2.45, 2.75) is 34.6 Å². The van der Waals surface area contributed by atoms with Crippen LogP contribution in [0.15, 0.2) is 12.2 Å². The number of amides is 1. The third kappa shape index (κ3) is 1.70. The molecule has 1 fully saturated rings. The van der Waals surface area contributed by atoms with Crippen LogP contribution in [-0.4, -0.2) is 12.5 Å². The molecule has 1 rings (SSSR count). The van der Waals surface area contributed by atoms with Crippen LogP contribution in [0.3, 0.4) is 0 Å². The summed E-state index contributed by atoms with van der Waals surface area (Å²) in [6.45, 7) is 11.7. The van der Waals surface area contributed by atoms with Crippen molar-refractivity contribution in [3.05, 3.63) is 12.2 Å². The molecule has 1 N–H and O–H groups in total. The number of hydrogen-bond donors (Lipinski definition) is 1. The summed E-state index contributed by atoms with van der Waals surface area (Å²) in [4.78, 5) is 11.2. The number of carbonyl (C=O) groups excluding carboxylic acids is 1. The molecule has 1 amide bonds. The average molecular weight is 195 g/mol. The van der Waals surface area contributed by atoms with E-state index in [1.807, 2.05) is 6.92 Å². The minimum absolute atomic E-state index is 0.0194. The van der Waals surface area contributed by atoms with Gasteiger partial charge < -0.3 is 5.32 Å². The summed E-state index contributed by atoms with van der Waals surface area (Å²) in [6.07, 6.45) is 3.33. The van der Waals surface area contributed by atoms with Gasteiger partial charge in [0.05, 0.1) is 0 Å². The summed E-state index contributed by atoms with van der Waals surface area (Å²) >= 11 is 0. The van der Waals surface area contributed by atoms with E-state index in [-0.39, 0.29) is 5.91 Å². The lowest BCUT2D eigenvalue weighted by Crippen LogP contribution is -2.25. The molecule has 0 aromatic carbocycles. The van der Waals surface area contributed by atoms with E-state index in [1.54, 1.807) is 12.2 Å². The molecule has 0 unspecified atom stereocenters. The molecule has 1 saturated carbocycles. The first kappa shape index (κ1) is 11.3. The molecule has 0 saturated heterocycles. The highest BCUT2D eigenvalue weighted by Gasteiger charge is 2.64. The standard InChI is InChI=1S/C12H21NO/c1-6-7-10(14)13-8-9-11(2,3)12(9,4)5/h6-7,9H,8H2,1-5H3,(H,13,14). The molecular formula is C12H21NO. The third-order valence-corrected chi connectivity index (χ3v) is 4.12. The van der Waals surface area contributed by atoms with Crippen LogP contribution < -0.4 is 5.32 Å². The maximum absolute atomic E-state index is 11.2. The van der Waals surface area contributed by atoms with Crippen molar-refractivity contribution in [2.75, 3.05) is 6.54 Å². The molecule has 0 heterocycles. The lowest BCUT2D eigenvalue weighted by atomic mass is 10.0. The van der Waals surface area contributed by atoms with Crippen LogP contribution in [0.25, 0.3) is 0 Å². The zero-order chi connectivity index (χ0) is 11.0. The highest BCUT2D eigenvalue weighted by Crippen LogP contribution is 2.67. The molecule has 1 aliphatic rings. The first-order chi connectivity index (χ1) is 6.34. The SMILES string of the molecule is CC=CC(=O)NCC1C(C)(C)C1(C)C. The zero-order valence-corrected chi connectivity index (χ0v) is 9.85. The van der Waals surface area contributed by atoms with E-state index in [0.717, 1.165) is 6.54 Å². The first-order valence-electron chi connectivity index (χ1n) is 5.24. The highest BCUT2D eigenvalue weighted by atomic mass is 16.1. The number of hydrogen-bond acceptors (Lipinski definition) is 1. The Kier molecular flexibility index (Phi) is 2.75. The predicted octanol–water partition coefficient (Wildman–Crippen LogP) is 2.36. The van der Waals surface area contributed by atoms with Gasteiger partial charge in [-0.1, -0.05) is 33.8 Å². The Labute approximate surface area is 86.8 Å². The molecular weight excluding hydrogens is 174 g/mol. The van der Waals surface area contributed by atoms with Crippen molar-refractivity contribution in [1.82, 2.24) is 5.32 Å². The summed E-state index contributed by atoms with van der Waals surface area (Å²) in [5.41, 5.74) is 0.715. The van der Waals surface area contributed by atoms with E-state index < -0.39 is 0 Å². The van der Waals surface area contributed by atoms with E-state index in [0.29, 0.717) is 16.7 Å². The molecule has 80 valence electrons. The van der Waals surface area contributed by atoms with E-state index in [9.17, 15) is 4.79 Å². The van der Waals surface area contributed by atoms with Gasteiger partial charge in [0.2, 0.25) is 5.91 Å². The van der Waals surface area contributed by atoms with Gasteiger partial charge in [-0.3, -0.25) is 4.79 Å². The second kappa shape index (κ2) is 3.41. The molecule has 14 heavy (non-hydrogen) atoms. The summed E-state index contributed by atoms with van der Waals surface area (Å²) in [5, 5.41) is 2.93. The van der Waals surface area contributed by atoms with E-state index in [1.165, 1.54) is 0 Å². The maximum atomic E-state index is 11.2. The number of carbonyl (C=O) groups is 1. The topological polar surface area (TPSA) is 29.1 Å². The number of rotatable bonds is 3. The fraction of sp³-hybridized carbons (Fsp3) is 0.750. The van der Waals surface area contributed by atoms with Crippen molar-refractivity contribution in [1.29, 1.82) is 0 Å². The fourth-order valence-corrected chi connectivity index (χ4v) is 2.26. The highest BCUT2D eigenvalue weighted by molar-refractivity contribution is 5.87. The molecule has 1 aliphatic carbocycles. The van der Waals surface area contributed by atoms with Crippen LogP contribution in [0.4, 0.5) is 0 Å². The number of allylic oxidation sites excluding steroid dienone is 1. The Morgan fingerprint density at radius 2 is 1.79 bits per heavy atom. The molecule has 2 nitrogen and oxygen atoms in total. The Balaban J connectivity index is 2.39. The van der Waals surface area contributed by atoms with Crippen molar-refractivity contribution < 1.29 is 4.79 Å². The van der Waals surface area contributed by atoms with Crippen LogP contribution in [0.1, 0.15) is 34.6 Å². The fourth-order valence-electron chi connectivity index (χ4n) is 2.26. The van der Waals surface area contributed by atoms with Crippen LogP contribution in [0, 0.1) is 16.7 Å². The van der Waals surface area contributed by atoms with Gasteiger partial charge in [0.25, 0.3) is 0 Å². The molecule has 0 radical (unpaired) electrons. The molecule has 2 heteroatoms. The van der Waals surface area contributed by atoms with Crippen molar-refractivity contribution in [2.24, 2.45) is 16.7 Å². The zero-order valence-electron chi connectivity index (χ0n) is 9.85. The molecule has 0 aromatic rings. The quantitative estimate of drug-likeness (QED) is 0.688. The van der Waals surface area contributed by atoms with Gasteiger partial charge in [0, 0.05) is 6.54 Å². The minimum Gasteiger partial charge on any atom is -0.352 e. The van der Waals surface area contributed by atoms with Gasteiger partial charge >= 0.3 is 0 Å². The average Bonchev–Trinajstić information content (AvgIpc) is 2.41. The predicted molar refractivity (Wildman–Crippen MR) is 58.9 cm³/mol. The lowest BCUT2D eigenvalue weighted by Gasteiger charge is -2.04. The Morgan fingerprint density at radius 1 is 1.29 bits per heavy atom. The largest absolute Gasteiger partial charge is 0.352 e. The van der Waals surface area contributed by atoms with Gasteiger partial charge in [0.1, 0.15) is 0 Å². The molecule has 0 aliphatic heterocycles. The van der Waals surface area contributed by atoms with Crippen molar-refractivity contribution in [3.8, 4) is 0 Å². The van der Waals surface area contributed by atoms with Crippen molar-refractivity contribution in [3.63, 3.8) is 0 Å². The second-order valence-corrected chi connectivity index (χ2v) is 5.24. The summed E-state index contributed by atoms with van der Waals surface area (Å²) in [7, 11) is 0. The normalized spacial score (nSPS) is 23.8. The van der Waals surface area contributed by atoms with Gasteiger partial charge in [-0.05, 0) is 29.7 Å². The van der Waals surface area contributed by atoms with Crippen LogP contribution in [0.5, 0.6) is 0 Å². The van der Waals surface area contributed by atoms with E-state index in [2.05, 4.69) is 33.0 Å². The van der Waals surface area contributed by atoms with Crippen molar-refractivity contribution >= 4 is 5.91 Å². The Hall–Kier alpha value is -0.790. The van der Waals surface area contributed by atoms with Crippen LogP contribution in [-0.2, 0) is 4.79 Å². The second-order valence-electron chi connectivity index (χ2n) is 5.24. The van der Waals surface area contributed by atoms with Crippen LogP contribution >= 0.6 is 0 Å². The minimum atomic E-state index is 0.0194. The van der Waals surface area contributed by atoms with E-state index >= 15 is 0 Å². The Bertz CT molecular complexity index is 249. The summed E-state index contributed by atoms with van der Waals surface area (Å²) in [5.74, 6) is 0.621. The van der Waals surface area contributed by atoms with E-state index in [4.69, 9.17) is 0 Å². The molecule has 0 atom stereocenters. The van der Waals surface area contributed by atoms with Gasteiger partial charge in [-0.15, -0.1) is 0 Å². The summed E-state index contributed by atoms with van der Waals surface area (Å²) in [6, 6.07) is 0.